The van der Waals surface area contributed by atoms with Gasteiger partial charge in [-0.2, -0.15) is 0 Å². The van der Waals surface area contributed by atoms with Gasteiger partial charge >= 0.3 is 0 Å². The Morgan fingerprint density at radius 1 is 0.929 bits per heavy atom. The Hall–Kier alpha value is 0.290. The number of unbranched alkanes of at least 4 members (excludes halogenated alkanes) is 2. The molecule has 0 aliphatic carbocycles. The average Bonchev–Trinajstić information content (AvgIpc) is 2.15. The maximum absolute atomic E-state index is 5.66. The molecule has 0 aliphatic heterocycles. The molecular formula is C13H27Cl. The largest absolute Gasteiger partial charge is 0.127 e. The van der Waals surface area contributed by atoms with Crippen LogP contribution in [0.5, 0.6) is 0 Å². The van der Waals surface area contributed by atoms with Gasteiger partial charge in [0.2, 0.25) is 0 Å². The van der Waals surface area contributed by atoms with Crippen molar-refractivity contribution in [3.05, 3.63) is 0 Å². The first kappa shape index (κ1) is 14.3. The van der Waals surface area contributed by atoms with Gasteiger partial charge in [-0.3, -0.25) is 0 Å². The van der Waals surface area contributed by atoms with Crippen molar-refractivity contribution in [2.75, 3.05) is 5.88 Å². The van der Waals surface area contributed by atoms with Gasteiger partial charge in [0.15, 0.2) is 0 Å². The summed E-state index contributed by atoms with van der Waals surface area (Å²) in [7, 11) is 0. The van der Waals surface area contributed by atoms with Gasteiger partial charge in [-0.25, -0.2) is 0 Å². The molecule has 0 aromatic carbocycles. The van der Waals surface area contributed by atoms with Crippen LogP contribution in [0.3, 0.4) is 0 Å². The fourth-order valence-electron chi connectivity index (χ4n) is 2.06. The number of hydrogen-bond acceptors (Lipinski definition) is 0. The van der Waals surface area contributed by atoms with E-state index in [1.165, 1.54) is 44.9 Å². The zero-order chi connectivity index (χ0) is 10.8. The summed E-state index contributed by atoms with van der Waals surface area (Å²) in [5.74, 6) is 2.64. The zero-order valence-corrected chi connectivity index (χ0v) is 10.9. The van der Waals surface area contributed by atoms with E-state index in [1.807, 2.05) is 0 Å². The fourth-order valence-corrected chi connectivity index (χ4v) is 2.25. The van der Waals surface area contributed by atoms with Crippen molar-refractivity contribution in [2.45, 2.75) is 65.7 Å². The van der Waals surface area contributed by atoms with Gasteiger partial charge in [0.05, 0.1) is 0 Å². The van der Waals surface area contributed by atoms with Crippen molar-refractivity contribution >= 4 is 11.6 Å². The molecule has 0 aliphatic rings. The second-order valence-electron chi connectivity index (χ2n) is 4.77. The molecule has 0 rings (SSSR count). The number of rotatable bonds is 9. The summed E-state index contributed by atoms with van der Waals surface area (Å²) in [5.41, 5.74) is 0. The Labute approximate surface area is 95.4 Å². The van der Waals surface area contributed by atoms with E-state index in [2.05, 4.69) is 20.8 Å². The van der Waals surface area contributed by atoms with Crippen LogP contribution >= 0.6 is 11.6 Å². The van der Waals surface area contributed by atoms with E-state index in [0.29, 0.717) is 0 Å². The molecule has 14 heavy (non-hydrogen) atoms. The van der Waals surface area contributed by atoms with Gasteiger partial charge in [-0.1, -0.05) is 52.9 Å². The number of halogens is 1. The minimum Gasteiger partial charge on any atom is -0.127 e. The van der Waals surface area contributed by atoms with Crippen LogP contribution in [-0.4, -0.2) is 5.88 Å². The second-order valence-corrected chi connectivity index (χ2v) is 5.15. The quantitative estimate of drug-likeness (QED) is 0.366. The third-order valence-corrected chi connectivity index (χ3v) is 3.20. The molecule has 0 saturated heterocycles. The maximum Gasteiger partial charge on any atom is 0.0223 e. The maximum atomic E-state index is 5.66. The SMILES string of the molecule is CCCCC(C)CC(C)CCCCCl. The Morgan fingerprint density at radius 3 is 2.00 bits per heavy atom. The van der Waals surface area contributed by atoms with Crippen molar-refractivity contribution in [2.24, 2.45) is 11.8 Å². The summed E-state index contributed by atoms with van der Waals surface area (Å²) >= 11 is 5.66. The molecule has 2 atom stereocenters. The topological polar surface area (TPSA) is 0 Å². The molecule has 0 saturated carbocycles. The summed E-state index contributed by atoms with van der Waals surface area (Å²) in [6, 6.07) is 0. The first-order valence-electron chi connectivity index (χ1n) is 6.26. The first-order chi connectivity index (χ1) is 6.70. The second kappa shape index (κ2) is 9.83. The van der Waals surface area contributed by atoms with E-state index in [-0.39, 0.29) is 0 Å². The highest BCUT2D eigenvalue weighted by Gasteiger charge is 2.07. The van der Waals surface area contributed by atoms with Gasteiger partial charge in [0.1, 0.15) is 0 Å². The van der Waals surface area contributed by atoms with E-state index >= 15 is 0 Å². The van der Waals surface area contributed by atoms with Crippen molar-refractivity contribution in [1.29, 1.82) is 0 Å². The van der Waals surface area contributed by atoms with Crippen LogP contribution < -0.4 is 0 Å². The molecule has 0 radical (unpaired) electrons. The first-order valence-corrected chi connectivity index (χ1v) is 6.80. The Balaban J connectivity index is 3.35. The van der Waals surface area contributed by atoms with Gasteiger partial charge in [-0.15, -0.1) is 11.6 Å². The Kier molecular flexibility index (Phi) is 10.0. The van der Waals surface area contributed by atoms with E-state index in [9.17, 15) is 0 Å². The summed E-state index contributed by atoms with van der Waals surface area (Å²) in [6.07, 6.45) is 9.42. The van der Waals surface area contributed by atoms with Gasteiger partial charge < -0.3 is 0 Å². The molecule has 86 valence electrons. The molecular weight excluding hydrogens is 192 g/mol. The lowest BCUT2D eigenvalue weighted by atomic mass is 9.90. The Bertz CT molecular complexity index is 112. The minimum atomic E-state index is 0.831. The molecule has 0 aromatic rings. The summed E-state index contributed by atoms with van der Waals surface area (Å²) in [5, 5.41) is 0. The summed E-state index contributed by atoms with van der Waals surface area (Å²) in [4.78, 5) is 0. The van der Waals surface area contributed by atoms with Crippen LogP contribution in [0.4, 0.5) is 0 Å². The van der Waals surface area contributed by atoms with E-state index in [4.69, 9.17) is 11.6 Å². The normalized spacial score (nSPS) is 15.4. The highest BCUT2D eigenvalue weighted by atomic mass is 35.5. The van der Waals surface area contributed by atoms with Gasteiger partial charge in [-0.05, 0) is 24.7 Å². The van der Waals surface area contributed by atoms with Crippen LogP contribution in [0, 0.1) is 11.8 Å². The van der Waals surface area contributed by atoms with Crippen molar-refractivity contribution < 1.29 is 0 Å². The summed E-state index contributed by atoms with van der Waals surface area (Å²) < 4.78 is 0. The molecule has 0 N–H and O–H groups in total. The monoisotopic (exact) mass is 218 g/mol. The van der Waals surface area contributed by atoms with E-state index in [0.717, 1.165) is 17.7 Å². The van der Waals surface area contributed by atoms with Crippen LogP contribution in [0.1, 0.15) is 65.7 Å². The molecule has 0 fully saturated rings. The van der Waals surface area contributed by atoms with E-state index in [1.54, 1.807) is 0 Å². The Morgan fingerprint density at radius 2 is 1.50 bits per heavy atom. The minimum absolute atomic E-state index is 0.831. The predicted octanol–water partition coefficient (Wildman–Crippen LogP) is 5.25. The fraction of sp³-hybridized carbons (Fsp3) is 1.00. The van der Waals surface area contributed by atoms with Crippen molar-refractivity contribution in [3.63, 3.8) is 0 Å². The molecule has 0 aromatic heterocycles. The molecule has 0 spiro atoms. The van der Waals surface area contributed by atoms with Crippen LogP contribution in [0.15, 0.2) is 0 Å². The lowest BCUT2D eigenvalue weighted by Crippen LogP contribution is -2.03. The lowest BCUT2D eigenvalue weighted by molar-refractivity contribution is 0.363. The van der Waals surface area contributed by atoms with E-state index < -0.39 is 0 Å². The molecule has 1 heteroatoms. The van der Waals surface area contributed by atoms with Crippen LogP contribution in [0.2, 0.25) is 0 Å². The summed E-state index contributed by atoms with van der Waals surface area (Å²) in [6.45, 7) is 7.06. The third-order valence-electron chi connectivity index (χ3n) is 2.94. The zero-order valence-electron chi connectivity index (χ0n) is 10.2. The third kappa shape index (κ3) is 8.87. The number of hydrogen-bond donors (Lipinski definition) is 0. The lowest BCUT2D eigenvalue weighted by Gasteiger charge is -2.16. The van der Waals surface area contributed by atoms with Crippen molar-refractivity contribution in [1.82, 2.24) is 0 Å². The smallest absolute Gasteiger partial charge is 0.0223 e. The van der Waals surface area contributed by atoms with Crippen molar-refractivity contribution in [3.8, 4) is 0 Å². The molecule has 0 heterocycles. The van der Waals surface area contributed by atoms with Gasteiger partial charge in [0.25, 0.3) is 0 Å². The molecule has 0 nitrogen and oxygen atoms in total. The average molecular weight is 219 g/mol. The molecule has 2 unspecified atom stereocenters. The van der Waals surface area contributed by atoms with Crippen LogP contribution in [0.25, 0.3) is 0 Å². The predicted molar refractivity (Wildman–Crippen MR) is 67.0 cm³/mol. The molecule has 0 amide bonds. The van der Waals surface area contributed by atoms with Crippen LogP contribution in [-0.2, 0) is 0 Å². The molecule has 0 bridgehead atoms. The number of alkyl halides is 1. The highest BCUT2D eigenvalue weighted by molar-refractivity contribution is 6.17. The highest BCUT2D eigenvalue weighted by Crippen LogP contribution is 2.21. The van der Waals surface area contributed by atoms with Gasteiger partial charge in [0, 0.05) is 5.88 Å². The standard InChI is InChI=1S/C13H27Cl/c1-4-5-8-12(2)11-13(3)9-6-7-10-14/h12-13H,4-11H2,1-3H3.